The number of nitrogens with zero attached hydrogens (tertiary/aromatic N) is 1. The normalized spacial score (nSPS) is 13.1. The number of hydrogen-bond acceptors (Lipinski definition) is 4. The van der Waals surface area contributed by atoms with E-state index in [1.807, 2.05) is 0 Å². The van der Waals surface area contributed by atoms with Crippen molar-refractivity contribution >= 4 is 10.0 Å². The first kappa shape index (κ1) is 13.1. The molecule has 2 N–H and O–H groups in total. The summed E-state index contributed by atoms with van der Waals surface area (Å²) < 4.78 is 23.8. The van der Waals surface area contributed by atoms with Gasteiger partial charge in [0.1, 0.15) is 4.90 Å². The standard InChI is InChI=1S/C9H17N3O3S/c1-6-8(7(2)11-10-6)16(13,14)12-15-9(3,4)5/h12H,1-5H3,(H,10,11). The molecule has 0 amide bonds. The largest absolute Gasteiger partial charge is 0.281 e. The zero-order valence-corrected chi connectivity index (χ0v) is 10.9. The van der Waals surface area contributed by atoms with Gasteiger partial charge in [-0.3, -0.25) is 9.94 Å². The van der Waals surface area contributed by atoms with E-state index in [0.717, 1.165) is 0 Å². The lowest BCUT2D eigenvalue weighted by Crippen LogP contribution is -2.34. The lowest BCUT2D eigenvalue weighted by molar-refractivity contribution is -0.0358. The molecule has 0 atom stereocenters. The maximum atomic E-state index is 11.9. The molecule has 0 saturated heterocycles. The van der Waals surface area contributed by atoms with Gasteiger partial charge in [-0.05, 0) is 34.6 Å². The Hall–Kier alpha value is -0.920. The smallest absolute Gasteiger partial charge is 0.266 e. The molecule has 0 aromatic carbocycles. The SMILES string of the molecule is Cc1n[nH]c(C)c1S(=O)(=O)NOC(C)(C)C. The summed E-state index contributed by atoms with van der Waals surface area (Å²) in [7, 11) is -3.68. The van der Waals surface area contributed by atoms with Crippen molar-refractivity contribution in [2.45, 2.75) is 45.1 Å². The van der Waals surface area contributed by atoms with Crippen LogP contribution in [0.3, 0.4) is 0 Å². The third-order valence-corrected chi connectivity index (χ3v) is 3.23. The molecule has 16 heavy (non-hydrogen) atoms. The third-order valence-electron chi connectivity index (χ3n) is 1.79. The van der Waals surface area contributed by atoms with Crippen LogP contribution in [0.25, 0.3) is 0 Å². The van der Waals surface area contributed by atoms with Crippen molar-refractivity contribution in [3.63, 3.8) is 0 Å². The fourth-order valence-corrected chi connectivity index (χ4v) is 2.48. The topological polar surface area (TPSA) is 84.1 Å². The van der Waals surface area contributed by atoms with Crippen molar-refractivity contribution < 1.29 is 13.3 Å². The van der Waals surface area contributed by atoms with Gasteiger partial charge in [0.15, 0.2) is 0 Å². The van der Waals surface area contributed by atoms with Crippen molar-refractivity contribution in [1.82, 2.24) is 15.1 Å². The fourth-order valence-electron chi connectivity index (χ4n) is 1.16. The summed E-state index contributed by atoms with van der Waals surface area (Å²) in [5, 5.41) is 6.44. The lowest BCUT2D eigenvalue weighted by Gasteiger charge is -2.19. The van der Waals surface area contributed by atoms with Crippen molar-refractivity contribution in [1.29, 1.82) is 0 Å². The van der Waals surface area contributed by atoms with Crippen LogP contribution < -0.4 is 4.89 Å². The minimum Gasteiger partial charge on any atom is -0.281 e. The molecule has 0 bridgehead atoms. The Morgan fingerprint density at radius 3 is 2.25 bits per heavy atom. The summed E-state index contributed by atoms with van der Waals surface area (Å²) in [6.07, 6.45) is 0. The first-order chi connectivity index (χ1) is 7.13. The van der Waals surface area contributed by atoms with Gasteiger partial charge < -0.3 is 0 Å². The Balaban J connectivity index is 2.96. The monoisotopic (exact) mass is 247 g/mol. The number of rotatable bonds is 3. The van der Waals surface area contributed by atoms with E-state index in [4.69, 9.17) is 4.84 Å². The van der Waals surface area contributed by atoms with E-state index < -0.39 is 15.6 Å². The molecule has 0 unspecified atom stereocenters. The Bertz CT molecular complexity index is 451. The van der Waals surface area contributed by atoms with Crippen molar-refractivity contribution in [2.24, 2.45) is 0 Å². The Labute approximate surface area is 95.4 Å². The highest BCUT2D eigenvalue weighted by Crippen LogP contribution is 2.17. The van der Waals surface area contributed by atoms with Crippen LogP contribution in [-0.2, 0) is 14.9 Å². The molecule has 0 fully saturated rings. The second-order valence-corrected chi connectivity index (χ2v) is 6.15. The Morgan fingerprint density at radius 1 is 1.31 bits per heavy atom. The fraction of sp³-hybridized carbons (Fsp3) is 0.667. The van der Waals surface area contributed by atoms with Gasteiger partial charge in [0.2, 0.25) is 0 Å². The highest BCUT2D eigenvalue weighted by atomic mass is 32.2. The molecule has 1 heterocycles. The summed E-state index contributed by atoms with van der Waals surface area (Å²) in [6.45, 7) is 8.53. The summed E-state index contributed by atoms with van der Waals surface area (Å²) >= 11 is 0. The molecule has 0 aliphatic carbocycles. The van der Waals surface area contributed by atoms with Crippen molar-refractivity contribution in [3.8, 4) is 0 Å². The maximum absolute atomic E-state index is 11.9. The number of aromatic amines is 1. The molecular formula is C9H17N3O3S. The van der Waals surface area contributed by atoms with Gasteiger partial charge in [0, 0.05) is 0 Å². The molecular weight excluding hydrogens is 230 g/mol. The van der Waals surface area contributed by atoms with Crippen LogP contribution >= 0.6 is 0 Å². The molecule has 0 radical (unpaired) electrons. The number of aryl methyl sites for hydroxylation is 2. The van der Waals surface area contributed by atoms with Gasteiger partial charge in [-0.25, -0.2) is 8.42 Å². The second kappa shape index (κ2) is 4.15. The molecule has 0 aliphatic rings. The number of sulfonamides is 1. The maximum Gasteiger partial charge on any atom is 0.266 e. The zero-order chi connectivity index (χ0) is 12.6. The van der Waals surface area contributed by atoms with E-state index in [2.05, 4.69) is 15.1 Å². The van der Waals surface area contributed by atoms with Gasteiger partial charge in [-0.1, -0.05) is 4.89 Å². The van der Waals surface area contributed by atoms with E-state index in [1.54, 1.807) is 34.6 Å². The van der Waals surface area contributed by atoms with Crippen LogP contribution in [0.5, 0.6) is 0 Å². The second-order valence-electron chi connectivity index (χ2n) is 4.56. The first-order valence-electron chi connectivity index (χ1n) is 4.85. The van der Waals surface area contributed by atoms with Gasteiger partial charge in [0.05, 0.1) is 17.0 Å². The molecule has 7 heteroatoms. The third kappa shape index (κ3) is 3.03. The van der Waals surface area contributed by atoms with Crippen LogP contribution in [0.4, 0.5) is 0 Å². The van der Waals surface area contributed by atoms with Crippen LogP contribution in [0, 0.1) is 13.8 Å². The minimum absolute atomic E-state index is 0.136. The number of aromatic nitrogens is 2. The van der Waals surface area contributed by atoms with Crippen LogP contribution in [-0.4, -0.2) is 24.2 Å². The number of nitrogens with one attached hydrogen (secondary N) is 2. The van der Waals surface area contributed by atoms with Crippen molar-refractivity contribution in [3.05, 3.63) is 11.4 Å². The van der Waals surface area contributed by atoms with E-state index >= 15 is 0 Å². The summed E-state index contributed by atoms with van der Waals surface area (Å²) in [5.41, 5.74) is 0.323. The molecule has 92 valence electrons. The zero-order valence-electron chi connectivity index (χ0n) is 10.1. The van der Waals surface area contributed by atoms with Gasteiger partial charge in [-0.2, -0.15) is 5.10 Å². The van der Waals surface area contributed by atoms with E-state index in [0.29, 0.717) is 11.4 Å². The lowest BCUT2D eigenvalue weighted by atomic mass is 10.2. The predicted octanol–water partition coefficient (Wildman–Crippen LogP) is 1.03. The molecule has 1 aromatic rings. The van der Waals surface area contributed by atoms with Gasteiger partial charge in [0.25, 0.3) is 10.0 Å². The first-order valence-corrected chi connectivity index (χ1v) is 6.33. The quantitative estimate of drug-likeness (QED) is 0.781. The Morgan fingerprint density at radius 2 is 1.88 bits per heavy atom. The molecule has 6 nitrogen and oxygen atoms in total. The number of hydrogen-bond donors (Lipinski definition) is 2. The molecule has 1 aromatic heterocycles. The predicted molar refractivity (Wildman–Crippen MR) is 59.2 cm³/mol. The average molecular weight is 247 g/mol. The van der Waals surface area contributed by atoms with Gasteiger partial charge >= 0.3 is 0 Å². The average Bonchev–Trinajstić information content (AvgIpc) is 2.42. The van der Waals surface area contributed by atoms with Crippen LogP contribution in [0.2, 0.25) is 0 Å². The van der Waals surface area contributed by atoms with E-state index in [9.17, 15) is 8.42 Å². The van der Waals surface area contributed by atoms with E-state index in [1.165, 1.54) is 0 Å². The summed E-state index contributed by atoms with van der Waals surface area (Å²) in [5.74, 6) is 0. The molecule has 0 spiro atoms. The minimum atomic E-state index is -3.68. The van der Waals surface area contributed by atoms with Gasteiger partial charge in [-0.15, -0.1) is 0 Å². The Kier molecular flexibility index (Phi) is 3.41. The molecule has 1 rings (SSSR count). The van der Waals surface area contributed by atoms with Crippen LogP contribution in [0.15, 0.2) is 4.90 Å². The number of H-pyrrole nitrogens is 1. The summed E-state index contributed by atoms with van der Waals surface area (Å²) in [6, 6.07) is 0. The van der Waals surface area contributed by atoms with E-state index in [-0.39, 0.29) is 4.90 Å². The summed E-state index contributed by atoms with van der Waals surface area (Å²) in [4.78, 5) is 7.28. The highest BCUT2D eigenvalue weighted by molar-refractivity contribution is 7.89. The molecule has 0 aliphatic heterocycles. The van der Waals surface area contributed by atoms with Crippen molar-refractivity contribution in [2.75, 3.05) is 0 Å². The highest BCUT2D eigenvalue weighted by Gasteiger charge is 2.24. The molecule has 0 saturated carbocycles. The van der Waals surface area contributed by atoms with Crippen LogP contribution in [0.1, 0.15) is 32.2 Å².